The van der Waals surface area contributed by atoms with E-state index in [1.807, 2.05) is 0 Å². The van der Waals surface area contributed by atoms with Crippen molar-refractivity contribution in [2.75, 3.05) is 18.5 Å². The summed E-state index contributed by atoms with van der Waals surface area (Å²) in [6.07, 6.45) is 25.1. The fourth-order valence-electron chi connectivity index (χ4n) is 27.0. The molecule has 15 nitrogen and oxygen atoms in total. The van der Waals surface area contributed by atoms with Crippen molar-refractivity contribution < 1.29 is 73.9 Å². The van der Waals surface area contributed by atoms with Crippen molar-refractivity contribution in [2.24, 2.45) is 145 Å². The molecule has 7 N–H and O–H groups in total. The Morgan fingerprint density at radius 2 is 0.837 bits per heavy atom. The molecule has 0 spiro atoms. The maximum atomic E-state index is 12.6. The van der Waals surface area contributed by atoms with Gasteiger partial charge in [0.2, 0.25) is 0 Å². The first-order valence-electron chi connectivity index (χ1n) is 38.8. The third-order valence-electron chi connectivity index (χ3n) is 32.2. The predicted molar refractivity (Wildman–Crippen MR) is 395 cm³/mol. The van der Waals surface area contributed by atoms with E-state index in [0.29, 0.717) is 108 Å². The van der Waals surface area contributed by atoms with E-state index in [0.717, 1.165) is 102 Å². The number of carboxylic acids is 2. The van der Waals surface area contributed by atoms with E-state index in [-0.39, 0.29) is 132 Å². The highest BCUT2D eigenvalue weighted by atomic mass is 127. The summed E-state index contributed by atoms with van der Waals surface area (Å²) in [4.78, 5) is 59.4. The van der Waals surface area contributed by atoms with Gasteiger partial charge in [0.15, 0.2) is 5.92 Å². The number of esters is 3. The van der Waals surface area contributed by atoms with Crippen LogP contribution in [0.25, 0.3) is 0 Å². The Bertz CT molecular complexity index is 2700. The Labute approximate surface area is 613 Å². The van der Waals surface area contributed by atoms with Crippen LogP contribution < -0.4 is 0 Å². The number of halogens is 2. The average molecular weight is 1560 g/mol. The van der Waals surface area contributed by atoms with Crippen LogP contribution >= 0.6 is 38.5 Å². The zero-order valence-corrected chi connectivity index (χ0v) is 64.3. The molecule has 0 aromatic heterocycles. The van der Waals surface area contributed by atoms with Crippen LogP contribution in [-0.2, 0) is 38.2 Å². The third kappa shape index (κ3) is 15.1. The van der Waals surface area contributed by atoms with Crippen molar-refractivity contribution >= 4 is 68.4 Å². The van der Waals surface area contributed by atoms with Gasteiger partial charge in [-0.25, -0.2) is 0 Å². The molecule has 0 aliphatic heterocycles. The van der Waals surface area contributed by atoms with Gasteiger partial charge >= 0.3 is 29.8 Å². The molecule has 0 aromatic carbocycles. The number of aliphatic carboxylic acids is 2. The normalized spacial score (nSPS) is 46.0. The summed E-state index contributed by atoms with van der Waals surface area (Å²) in [6, 6.07) is 0. The number of hydrogen-bond acceptors (Lipinski definition) is 13. The second kappa shape index (κ2) is 32.6. The smallest absolute Gasteiger partial charge is 0.320 e. The van der Waals surface area contributed by atoms with Gasteiger partial charge in [0, 0.05) is 5.33 Å². The summed E-state index contributed by atoms with van der Waals surface area (Å²) in [5.74, 6) is 5.33. The molecule has 0 bridgehead atoms. The van der Waals surface area contributed by atoms with Crippen molar-refractivity contribution in [2.45, 2.75) is 311 Å². The van der Waals surface area contributed by atoms with Gasteiger partial charge < -0.3 is 50.0 Å². The Balaban J connectivity index is 0.000000186. The number of carbonyl (C=O) groups excluding carboxylic acids is 3. The number of alkyl halides is 2. The molecule has 0 amide bonds. The molecule has 17 heteroatoms. The van der Waals surface area contributed by atoms with Crippen LogP contribution in [0.3, 0.4) is 0 Å². The minimum absolute atomic E-state index is 0. The maximum absolute atomic E-state index is 12.6. The molecular formula is C81H136BrIO15. The molecule has 12 aliphatic rings. The maximum Gasteiger partial charge on any atom is 0.320 e. The van der Waals surface area contributed by atoms with E-state index in [1.165, 1.54) is 57.8 Å². The van der Waals surface area contributed by atoms with Crippen molar-refractivity contribution in [3.63, 3.8) is 0 Å². The number of carbonyl (C=O) groups is 5. The van der Waals surface area contributed by atoms with Gasteiger partial charge in [0.05, 0.1) is 56.6 Å². The predicted octanol–water partition coefficient (Wildman–Crippen LogP) is 16.3. The molecule has 31 atom stereocenters. The van der Waals surface area contributed by atoms with Gasteiger partial charge in [-0.3, -0.25) is 24.0 Å². The zero-order valence-electron chi connectivity index (χ0n) is 60.6. The van der Waals surface area contributed by atoms with Gasteiger partial charge in [-0.05, 0) is 320 Å². The van der Waals surface area contributed by atoms with Gasteiger partial charge in [-0.1, -0.05) is 116 Å². The molecule has 0 radical (unpaired) electrons. The van der Waals surface area contributed by atoms with Gasteiger partial charge in [-0.15, -0.1) is 0 Å². The van der Waals surface area contributed by atoms with Crippen LogP contribution in [0, 0.1) is 145 Å². The number of fused-ring (bicyclic) bond motifs is 15. The highest BCUT2D eigenvalue weighted by molar-refractivity contribution is 14.1. The van der Waals surface area contributed by atoms with E-state index in [2.05, 4.69) is 101 Å². The Morgan fingerprint density at radius 1 is 0.469 bits per heavy atom. The topological polar surface area (TPSA) is 255 Å². The molecule has 564 valence electrons. The lowest BCUT2D eigenvalue weighted by atomic mass is 9.43. The number of carboxylic acid groups (broad SMARTS) is 2. The van der Waals surface area contributed by atoms with Crippen LogP contribution in [0.4, 0.5) is 0 Å². The van der Waals surface area contributed by atoms with Crippen molar-refractivity contribution in [3.8, 4) is 0 Å². The number of ether oxygens (including phenoxy) is 3. The Kier molecular flexibility index (Phi) is 27.3. The number of hydrogen-bond donors (Lipinski definition) is 7. The number of aliphatic hydroxyl groups is 5. The second-order valence-corrected chi connectivity index (χ2v) is 38.1. The molecule has 0 saturated heterocycles. The van der Waals surface area contributed by atoms with Crippen molar-refractivity contribution in [1.29, 1.82) is 0 Å². The summed E-state index contributed by atoms with van der Waals surface area (Å²) in [5.41, 5.74) is 0.444. The van der Waals surface area contributed by atoms with E-state index >= 15 is 0 Å². The van der Waals surface area contributed by atoms with Crippen LogP contribution in [0.1, 0.15) is 271 Å². The molecular weight excluding hydrogens is 1420 g/mol. The number of aliphatic hydroxyl groups excluding tert-OH is 5. The van der Waals surface area contributed by atoms with Crippen LogP contribution in [0.15, 0.2) is 0 Å². The molecule has 12 fully saturated rings. The van der Waals surface area contributed by atoms with Gasteiger partial charge in [0.1, 0.15) is 10.0 Å². The molecule has 13 unspecified atom stereocenters. The summed E-state index contributed by atoms with van der Waals surface area (Å²) in [5, 5.41) is 74.5. The van der Waals surface area contributed by atoms with Crippen LogP contribution in [-0.4, -0.2) is 125 Å². The van der Waals surface area contributed by atoms with Gasteiger partial charge in [-0.2, -0.15) is 0 Å². The first-order valence-corrected chi connectivity index (χ1v) is 41.2. The lowest BCUT2D eigenvalue weighted by Gasteiger charge is -2.62. The van der Waals surface area contributed by atoms with Crippen molar-refractivity contribution in [3.05, 3.63) is 0 Å². The first kappa shape index (κ1) is 82.0. The van der Waals surface area contributed by atoms with Crippen molar-refractivity contribution in [1.82, 2.24) is 0 Å². The standard InChI is InChI=1S/C29H48O6.C26H41BrO5.C24H39IO4.2CH4/c1-6-34-26(32)21(27(33)35-7-2)14-17(3)22-10-11-23-20-9-8-18-15-19(30)12-13-28(18,4)24(20)16-25(31)29(22,23)5;1-15(14-27)19-6-7-20-18-5-4-16-12-17(32-24(31)9-8-23(29)30)10-11-25(16,2)21(18)13-22(28)26(19,20)3;1-13(10-20(25)22(28)29)17-6-7-18-16-5-4-14-11-15(26)8-9-23(14,2)19(16)12-21(27)24(17,18)3;;/h17-25,30-31H,6-16H2,1-5H3;15-22,28H,4-14H2,1-3H3,(H,29,30);13-21,26-27H,4-12H2,1-3H3,(H,28,29);2*1H4/t17?,18-,19-,20?,22-,23?,24?,25+,28+,29-;15?,16-,17-,18?,19-,20?,21?,22+,25+,26-;13?,14-,15-,16?,17-,18?,19?,20?,21+,23+,24-;;/m111../s1. The minimum atomic E-state index is -0.959. The Morgan fingerprint density at radius 3 is 1.20 bits per heavy atom. The van der Waals surface area contributed by atoms with Crippen LogP contribution in [0.2, 0.25) is 0 Å². The summed E-state index contributed by atoms with van der Waals surface area (Å²) < 4.78 is 15.8. The minimum Gasteiger partial charge on any atom is -0.481 e. The summed E-state index contributed by atoms with van der Waals surface area (Å²) in [6.45, 7) is 25.0. The monoisotopic (exact) mass is 1550 g/mol. The fraction of sp³-hybridized carbons (Fsp3) is 0.938. The molecule has 98 heavy (non-hydrogen) atoms. The fourth-order valence-corrected chi connectivity index (χ4v) is 28.3. The molecule has 12 rings (SSSR count). The SMILES string of the molecule is C.C.CC(CBr)[C@H]1CCC2C3CC[C@@H]4C[C@H](OC(=O)CCC(=O)O)CC[C@]4(C)C3C[C@H](O)[C@@]21C.CC(CC(I)C(=O)O)[C@H]1CCC2C3CC[C@@H]4C[C@H](O)CC[C@]4(C)C3C[C@H](O)[C@@]21C.CCOC(=O)C(CC(C)[C@H]1CCC2C3CC[C@@H]4C[C@H](O)CC[C@]4(C)C3C[C@H](O)[C@@]21C)C(=O)OCC. The largest absolute Gasteiger partial charge is 0.481 e. The molecule has 0 aromatic rings. The van der Waals surface area contributed by atoms with E-state index in [4.69, 9.17) is 19.3 Å². The molecule has 0 heterocycles. The second-order valence-electron chi connectivity index (χ2n) is 35.9. The zero-order chi connectivity index (χ0) is 69.9. The highest BCUT2D eigenvalue weighted by Crippen LogP contribution is 2.72. The highest BCUT2D eigenvalue weighted by Gasteiger charge is 2.68. The van der Waals surface area contributed by atoms with E-state index in [9.17, 15) is 54.6 Å². The molecule has 12 aliphatic carbocycles. The lowest BCUT2D eigenvalue weighted by Crippen LogP contribution is -2.59. The molecule has 12 saturated carbocycles. The summed E-state index contributed by atoms with van der Waals surface area (Å²) in [7, 11) is 0. The van der Waals surface area contributed by atoms with Gasteiger partial charge in [0.25, 0.3) is 0 Å². The first-order chi connectivity index (χ1) is 45.3. The quantitative estimate of drug-likeness (QED) is 0.0235. The summed E-state index contributed by atoms with van der Waals surface area (Å²) >= 11 is 5.76. The van der Waals surface area contributed by atoms with E-state index < -0.39 is 29.8 Å². The average Bonchev–Trinajstić information content (AvgIpc) is 1.39. The van der Waals surface area contributed by atoms with E-state index in [1.54, 1.807) is 13.8 Å². The third-order valence-corrected chi connectivity index (χ3v) is 34.2. The Hall–Kier alpha value is -1.64. The number of rotatable bonds is 17. The van der Waals surface area contributed by atoms with Crippen LogP contribution in [0.5, 0.6) is 0 Å². The lowest BCUT2D eigenvalue weighted by molar-refractivity contribution is -0.181.